The average Bonchev–Trinajstić information content (AvgIpc) is 2.97. The van der Waals surface area contributed by atoms with Crippen molar-refractivity contribution in [2.45, 2.75) is 57.5 Å². The molecule has 0 aliphatic rings. The van der Waals surface area contributed by atoms with Crippen LogP contribution in [0.3, 0.4) is 0 Å². The summed E-state index contributed by atoms with van der Waals surface area (Å²) in [6.07, 6.45) is 2.04. The van der Waals surface area contributed by atoms with E-state index in [1.165, 1.54) is 24.1 Å². The molecule has 0 aromatic heterocycles. The van der Waals surface area contributed by atoms with Gasteiger partial charge in [-0.2, -0.15) is 0 Å². The number of aryl methyl sites for hydroxylation is 1. The van der Waals surface area contributed by atoms with Crippen molar-refractivity contribution >= 4 is 39.1 Å². The lowest BCUT2D eigenvalue weighted by atomic mass is 10.1. The molecule has 1 unspecified atom stereocenters. The molecular weight excluding hydrogens is 562 g/mol. The van der Waals surface area contributed by atoms with Gasteiger partial charge < -0.3 is 15.0 Å². The molecule has 1 atom stereocenters. The second kappa shape index (κ2) is 14.9. The molecule has 0 aliphatic heterocycles. The van der Waals surface area contributed by atoms with E-state index in [1.807, 2.05) is 20.8 Å². The maximum atomic E-state index is 14.1. The number of sulfonamides is 1. The molecule has 0 bridgehead atoms. The summed E-state index contributed by atoms with van der Waals surface area (Å²) in [7, 11) is -2.69. The van der Waals surface area contributed by atoms with E-state index in [-0.39, 0.29) is 23.0 Å². The summed E-state index contributed by atoms with van der Waals surface area (Å²) in [5.41, 5.74) is 1.81. The second-order valence-corrected chi connectivity index (χ2v) is 12.0. The number of rotatable bonds is 14. The summed E-state index contributed by atoms with van der Waals surface area (Å²) in [4.78, 5) is 28.9. The topological polar surface area (TPSA) is 96.0 Å². The van der Waals surface area contributed by atoms with Gasteiger partial charge in [0.15, 0.2) is 0 Å². The molecule has 0 spiro atoms. The Kier molecular flexibility index (Phi) is 11.6. The van der Waals surface area contributed by atoms with Crippen molar-refractivity contribution in [3.8, 4) is 5.75 Å². The molecular formula is C31H38ClN3O5S. The predicted molar refractivity (Wildman–Crippen MR) is 163 cm³/mol. The Morgan fingerprint density at radius 3 is 2.34 bits per heavy atom. The minimum atomic E-state index is -4.17. The van der Waals surface area contributed by atoms with Crippen LogP contribution in [-0.2, 0) is 26.2 Å². The highest BCUT2D eigenvalue weighted by atomic mass is 35.5. The minimum Gasteiger partial charge on any atom is -0.497 e. The van der Waals surface area contributed by atoms with Crippen molar-refractivity contribution in [1.82, 2.24) is 10.2 Å². The molecule has 1 N–H and O–H groups in total. The van der Waals surface area contributed by atoms with Gasteiger partial charge in [-0.05, 0) is 55.7 Å². The van der Waals surface area contributed by atoms with E-state index in [4.69, 9.17) is 16.3 Å². The number of benzene rings is 3. The lowest BCUT2D eigenvalue weighted by Gasteiger charge is -2.33. The normalized spacial score (nSPS) is 11.9. The van der Waals surface area contributed by atoms with Crippen LogP contribution in [0, 0.1) is 6.92 Å². The Morgan fingerprint density at radius 1 is 1.00 bits per heavy atom. The van der Waals surface area contributed by atoms with Crippen LogP contribution >= 0.6 is 11.6 Å². The third kappa shape index (κ3) is 8.24. The first kappa shape index (κ1) is 32.0. The molecule has 10 heteroatoms. The first-order chi connectivity index (χ1) is 19.6. The number of nitrogens with zero attached hydrogens (tertiary/aromatic N) is 2. The number of hydrogen-bond acceptors (Lipinski definition) is 5. The monoisotopic (exact) mass is 599 g/mol. The van der Waals surface area contributed by atoms with E-state index >= 15 is 0 Å². The zero-order chi connectivity index (χ0) is 30.0. The molecule has 0 aliphatic carbocycles. The van der Waals surface area contributed by atoms with Crippen LogP contribution < -0.4 is 14.4 Å². The van der Waals surface area contributed by atoms with Crippen LogP contribution in [0.15, 0.2) is 77.7 Å². The van der Waals surface area contributed by atoms with Crippen LogP contribution in [0.25, 0.3) is 0 Å². The average molecular weight is 600 g/mol. The number of unbranched alkanes of at least 4 members (excludes halogenated alkanes) is 1. The highest BCUT2D eigenvalue weighted by molar-refractivity contribution is 7.92. The Hall–Kier alpha value is -3.56. The van der Waals surface area contributed by atoms with E-state index in [2.05, 4.69) is 5.32 Å². The number of methoxy groups -OCH3 is 1. The SMILES string of the molecule is CCCCNC(=O)C(CC)N(Cc1ccccc1Cl)C(=O)CN(c1cccc(OC)c1)S(=O)(=O)c1ccc(C)cc1. The van der Waals surface area contributed by atoms with Crippen molar-refractivity contribution < 1.29 is 22.7 Å². The van der Waals surface area contributed by atoms with Gasteiger partial charge in [0.1, 0.15) is 18.3 Å². The van der Waals surface area contributed by atoms with Gasteiger partial charge in [-0.1, -0.05) is 73.8 Å². The fourth-order valence-electron chi connectivity index (χ4n) is 4.37. The number of ether oxygens (including phenoxy) is 1. The maximum Gasteiger partial charge on any atom is 0.264 e. The van der Waals surface area contributed by atoms with Gasteiger partial charge in [0.2, 0.25) is 11.8 Å². The van der Waals surface area contributed by atoms with Gasteiger partial charge in [-0.3, -0.25) is 13.9 Å². The van der Waals surface area contributed by atoms with Gasteiger partial charge in [0.05, 0.1) is 17.7 Å². The van der Waals surface area contributed by atoms with E-state index in [0.29, 0.717) is 29.3 Å². The number of carbonyl (C=O) groups excluding carboxylic acids is 2. The molecule has 0 fully saturated rings. The standard InChI is InChI=1S/C31H38ClN3O5S/c1-5-7-19-33-31(37)29(6-2)34(21-24-11-8-9-14-28(24)32)30(36)22-35(25-12-10-13-26(20-25)40-4)41(38,39)27-17-15-23(3)16-18-27/h8-18,20,29H,5-7,19,21-22H2,1-4H3,(H,33,37). The second-order valence-electron chi connectivity index (χ2n) is 9.71. The highest BCUT2D eigenvalue weighted by Crippen LogP contribution is 2.28. The Bertz CT molecular complexity index is 1430. The summed E-state index contributed by atoms with van der Waals surface area (Å²) in [5.74, 6) is -0.398. The van der Waals surface area contributed by atoms with Crippen LogP contribution in [0.4, 0.5) is 5.69 Å². The predicted octanol–water partition coefficient (Wildman–Crippen LogP) is 5.58. The molecule has 0 saturated heterocycles. The number of anilines is 1. The summed E-state index contributed by atoms with van der Waals surface area (Å²) in [6.45, 7) is 5.69. The first-order valence-electron chi connectivity index (χ1n) is 13.7. The lowest BCUT2D eigenvalue weighted by molar-refractivity contribution is -0.140. The van der Waals surface area contributed by atoms with Gasteiger partial charge in [-0.25, -0.2) is 8.42 Å². The van der Waals surface area contributed by atoms with Crippen LogP contribution in [-0.4, -0.2) is 51.4 Å². The highest BCUT2D eigenvalue weighted by Gasteiger charge is 2.34. The summed E-state index contributed by atoms with van der Waals surface area (Å²) in [6, 6.07) is 19.2. The number of carbonyl (C=O) groups is 2. The first-order valence-corrected chi connectivity index (χ1v) is 15.5. The zero-order valence-electron chi connectivity index (χ0n) is 24.0. The molecule has 8 nitrogen and oxygen atoms in total. The molecule has 220 valence electrons. The number of amides is 2. The molecule has 0 saturated carbocycles. The van der Waals surface area contributed by atoms with Gasteiger partial charge in [0, 0.05) is 24.2 Å². The molecule has 0 heterocycles. The molecule has 0 radical (unpaired) electrons. The third-order valence-corrected chi connectivity index (χ3v) is 8.90. The summed E-state index contributed by atoms with van der Waals surface area (Å²) >= 11 is 6.44. The van der Waals surface area contributed by atoms with Crippen molar-refractivity contribution in [3.63, 3.8) is 0 Å². The van der Waals surface area contributed by atoms with Gasteiger partial charge >= 0.3 is 0 Å². The minimum absolute atomic E-state index is 0.0364. The van der Waals surface area contributed by atoms with Gasteiger partial charge in [-0.15, -0.1) is 0 Å². The zero-order valence-corrected chi connectivity index (χ0v) is 25.5. The Balaban J connectivity index is 2.06. The van der Waals surface area contributed by atoms with Crippen molar-refractivity contribution in [3.05, 3.63) is 88.9 Å². The van der Waals surface area contributed by atoms with Crippen molar-refractivity contribution in [2.24, 2.45) is 0 Å². The van der Waals surface area contributed by atoms with Crippen LogP contribution in [0.1, 0.15) is 44.2 Å². The fraction of sp³-hybridized carbons (Fsp3) is 0.355. The third-order valence-electron chi connectivity index (χ3n) is 6.74. The summed E-state index contributed by atoms with van der Waals surface area (Å²) < 4.78 is 34.3. The molecule has 3 aromatic carbocycles. The smallest absolute Gasteiger partial charge is 0.264 e. The summed E-state index contributed by atoms with van der Waals surface area (Å²) in [5, 5.41) is 3.37. The largest absolute Gasteiger partial charge is 0.497 e. The number of halogens is 1. The molecule has 2 amide bonds. The quantitative estimate of drug-likeness (QED) is 0.244. The lowest BCUT2D eigenvalue weighted by Crippen LogP contribution is -2.52. The molecule has 3 aromatic rings. The van der Waals surface area contributed by atoms with E-state index in [9.17, 15) is 18.0 Å². The molecule has 41 heavy (non-hydrogen) atoms. The van der Waals surface area contributed by atoms with Gasteiger partial charge in [0.25, 0.3) is 10.0 Å². The Labute approximate surface area is 248 Å². The van der Waals surface area contributed by atoms with Crippen LogP contribution in [0.5, 0.6) is 5.75 Å². The number of hydrogen-bond donors (Lipinski definition) is 1. The number of nitrogens with one attached hydrogen (secondary N) is 1. The molecule has 3 rings (SSSR count). The Morgan fingerprint density at radius 2 is 1.71 bits per heavy atom. The maximum absolute atomic E-state index is 14.1. The van der Waals surface area contributed by atoms with Crippen molar-refractivity contribution in [1.29, 1.82) is 0 Å². The van der Waals surface area contributed by atoms with Crippen LogP contribution in [0.2, 0.25) is 5.02 Å². The van der Waals surface area contributed by atoms with Crippen molar-refractivity contribution in [2.75, 3.05) is 24.5 Å². The van der Waals surface area contributed by atoms with E-state index in [0.717, 1.165) is 22.7 Å². The van der Waals surface area contributed by atoms with E-state index < -0.39 is 28.5 Å². The van der Waals surface area contributed by atoms with E-state index in [1.54, 1.807) is 60.7 Å². The fourth-order valence-corrected chi connectivity index (χ4v) is 5.97.